The molecule has 2 rings (SSSR count). The van der Waals surface area contributed by atoms with Gasteiger partial charge in [0.05, 0.1) is 18.2 Å². The van der Waals surface area contributed by atoms with Crippen molar-refractivity contribution in [1.29, 1.82) is 0 Å². The average molecular weight is 290 g/mol. The predicted molar refractivity (Wildman–Crippen MR) is 78.3 cm³/mol. The molecular formula is C16H19FN2O2. The van der Waals surface area contributed by atoms with Crippen LogP contribution in [0, 0.1) is 17.7 Å². The molecule has 1 aliphatic heterocycles. The molecule has 0 aliphatic carbocycles. The van der Waals surface area contributed by atoms with Gasteiger partial charge in [-0.05, 0) is 31.0 Å². The maximum Gasteiger partial charge on any atom is 0.255 e. The number of benzene rings is 1. The van der Waals surface area contributed by atoms with Crippen molar-refractivity contribution in [2.45, 2.75) is 18.9 Å². The molecule has 1 aliphatic rings. The van der Waals surface area contributed by atoms with Gasteiger partial charge in [0.25, 0.3) is 5.91 Å². The SMILES string of the molecule is CN(CC1CCCO1)C(=O)c1cc(F)ccc1C#CCN. The zero-order chi connectivity index (χ0) is 15.2. The largest absolute Gasteiger partial charge is 0.376 e. The van der Waals surface area contributed by atoms with Gasteiger partial charge in [-0.3, -0.25) is 4.79 Å². The van der Waals surface area contributed by atoms with Crippen LogP contribution in [-0.4, -0.2) is 43.7 Å². The summed E-state index contributed by atoms with van der Waals surface area (Å²) in [5.74, 6) is 4.79. The molecule has 1 atom stereocenters. The number of carbonyl (C=O) groups excluding carboxylic acids is 1. The van der Waals surface area contributed by atoms with Crippen molar-refractivity contribution in [2.75, 3.05) is 26.7 Å². The van der Waals surface area contributed by atoms with Gasteiger partial charge in [0, 0.05) is 25.8 Å². The van der Waals surface area contributed by atoms with Gasteiger partial charge in [0.2, 0.25) is 0 Å². The van der Waals surface area contributed by atoms with Gasteiger partial charge in [-0.25, -0.2) is 4.39 Å². The van der Waals surface area contributed by atoms with E-state index in [0.29, 0.717) is 12.1 Å². The molecule has 5 heteroatoms. The molecule has 1 saturated heterocycles. The Bertz CT molecular complexity index is 571. The Morgan fingerprint density at radius 1 is 1.57 bits per heavy atom. The van der Waals surface area contributed by atoms with Crippen LogP contribution in [0.2, 0.25) is 0 Å². The molecule has 112 valence electrons. The van der Waals surface area contributed by atoms with Crippen LogP contribution >= 0.6 is 0 Å². The zero-order valence-electron chi connectivity index (χ0n) is 12.1. The second kappa shape index (κ2) is 7.21. The summed E-state index contributed by atoms with van der Waals surface area (Å²) in [6.07, 6.45) is 2.02. The molecule has 1 fully saturated rings. The minimum Gasteiger partial charge on any atom is -0.376 e. The Hall–Kier alpha value is -1.90. The van der Waals surface area contributed by atoms with Gasteiger partial charge in [0.15, 0.2) is 0 Å². The quantitative estimate of drug-likeness (QED) is 0.856. The van der Waals surface area contributed by atoms with E-state index in [4.69, 9.17) is 10.5 Å². The van der Waals surface area contributed by atoms with Gasteiger partial charge in [-0.2, -0.15) is 0 Å². The molecular weight excluding hydrogens is 271 g/mol. The fourth-order valence-corrected chi connectivity index (χ4v) is 2.33. The van der Waals surface area contributed by atoms with E-state index in [9.17, 15) is 9.18 Å². The van der Waals surface area contributed by atoms with Crippen molar-refractivity contribution in [3.8, 4) is 11.8 Å². The minimum absolute atomic E-state index is 0.0612. The summed E-state index contributed by atoms with van der Waals surface area (Å²) in [4.78, 5) is 14.0. The highest BCUT2D eigenvalue weighted by Crippen LogP contribution is 2.16. The van der Waals surface area contributed by atoms with Crippen LogP contribution < -0.4 is 5.73 Å². The molecule has 2 N–H and O–H groups in total. The van der Waals surface area contributed by atoms with E-state index in [1.807, 2.05) is 0 Å². The number of halogens is 1. The lowest BCUT2D eigenvalue weighted by Crippen LogP contribution is -2.34. The normalized spacial score (nSPS) is 17.2. The molecule has 1 aromatic carbocycles. The molecule has 21 heavy (non-hydrogen) atoms. The van der Waals surface area contributed by atoms with Crippen molar-refractivity contribution in [3.63, 3.8) is 0 Å². The Morgan fingerprint density at radius 2 is 2.38 bits per heavy atom. The van der Waals surface area contributed by atoms with Gasteiger partial charge in [0.1, 0.15) is 5.82 Å². The number of hydrogen-bond acceptors (Lipinski definition) is 3. The van der Waals surface area contributed by atoms with E-state index in [1.54, 1.807) is 11.9 Å². The lowest BCUT2D eigenvalue weighted by atomic mass is 10.1. The van der Waals surface area contributed by atoms with Gasteiger partial charge in [-0.15, -0.1) is 0 Å². The fourth-order valence-electron chi connectivity index (χ4n) is 2.33. The molecule has 4 nitrogen and oxygen atoms in total. The molecule has 0 radical (unpaired) electrons. The summed E-state index contributed by atoms with van der Waals surface area (Å²) >= 11 is 0. The highest BCUT2D eigenvalue weighted by Gasteiger charge is 2.22. The maximum absolute atomic E-state index is 13.4. The Kier molecular flexibility index (Phi) is 5.32. The first-order valence-electron chi connectivity index (χ1n) is 6.97. The van der Waals surface area contributed by atoms with Gasteiger partial charge >= 0.3 is 0 Å². The summed E-state index contributed by atoms with van der Waals surface area (Å²) in [5, 5.41) is 0. The maximum atomic E-state index is 13.4. The van der Waals surface area contributed by atoms with E-state index in [2.05, 4.69) is 11.8 Å². The number of ether oxygens (including phenoxy) is 1. The summed E-state index contributed by atoms with van der Waals surface area (Å²) in [6, 6.07) is 4.01. The topological polar surface area (TPSA) is 55.6 Å². The van der Waals surface area contributed by atoms with Crippen LogP contribution in [0.3, 0.4) is 0 Å². The van der Waals surface area contributed by atoms with Crippen LogP contribution in [0.1, 0.15) is 28.8 Å². The van der Waals surface area contributed by atoms with Gasteiger partial charge in [-0.1, -0.05) is 11.8 Å². The molecule has 1 heterocycles. The number of nitrogens with zero attached hydrogens (tertiary/aromatic N) is 1. The number of hydrogen-bond donors (Lipinski definition) is 1. The van der Waals surface area contributed by atoms with Crippen molar-refractivity contribution in [3.05, 3.63) is 35.1 Å². The average Bonchev–Trinajstić information content (AvgIpc) is 2.98. The monoisotopic (exact) mass is 290 g/mol. The minimum atomic E-state index is -0.456. The third kappa shape index (κ3) is 4.03. The summed E-state index contributed by atoms with van der Waals surface area (Å²) < 4.78 is 18.9. The van der Waals surface area contributed by atoms with Crippen molar-refractivity contribution in [2.24, 2.45) is 5.73 Å². The van der Waals surface area contributed by atoms with Crippen LogP contribution in [0.25, 0.3) is 0 Å². The predicted octanol–water partition coefficient (Wildman–Crippen LogP) is 1.39. The third-order valence-electron chi connectivity index (χ3n) is 3.39. The molecule has 0 aromatic heterocycles. The molecule has 1 aromatic rings. The number of amides is 1. The molecule has 0 bridgehead atoms. The van der Waals surface area contributed by atoms with E-state index in [0.717, 1.165) is 19.4 Å². The Morgan fingerprint density at radius 3 is 3.05 bits per heavy atom. The smallest absolute Gasteiger partial charge is 0.255 e. The Labute approximate surface area is 124 Å². The highest BCUT2D eigenvalue weighted by molar-refractivity contribution is 5.96. The molecule has 0 saturated carbocycles. The van der Waals surface area contributed by atoms with E-state index >= 15 is 0 Å². The van der Waals surface area contributed by atoms with E-state index in [-0.39, 0.29) is 24.1 Å². The van der Waals surface area contributed by atoms with Crippen molar-refractivity contribution in [1.82, 2.24) is 4.90 Å². The van der Waals surface area contributed by atoms with Crippen molar-refractivity contribution >= 4 is 5.91 Å². The van der Waals surface area contributed by atoms with Gasteiger partial charge < -0.3 is 15.4 Å². The lowest BCUT2D eigenvalue weighted by Gasteiger charge is -2.21. The van der Waals surface area contributed by atoms with E-state index < -0.39 is 5.82 Å². The first-order valence-corrected chi connectivity index (χ1v) is 6.97. The molecule has 1 amide bonds. The zero-order valence-corrected chi connectivity index (χ0v) is 12.1. The second-order valence-electron chi connectivity index (χ2n) is 5.02. The number of rotatable bonds is 3. The lowest BCUT2D eigenvalue weighted by molar-refractivity contribution is 0.0586. The summed E-state index contributed by atoms with van der Waals surface area (Å²) in [6.45, 7) is 1.43. The van der Waals surface area contributed by atoms with Crippen LogP contribution in [0.15, 0.2) is 18.2 Å². The third-order valence-corrected chi connectivity index (χ3v) is 3.39. The first kappa shape index (κ1) is 15.5. The van der Waals surface area contributed by atoms with Crippen molar-refractivity contribution < 1.29 is 13.9 Å². The molecule has 0 spiro atoms. The fraction of sp³-hybridized carbons (Fsp3) is 0.438. The summed E-state index contributed by atoms with van der Waals surface area (Å²) in [7, 11) is 1.69. The van der Waals surface area contributed by atoms with E-state index in [1.165, 1.54) is 18.2 Å². The second-order valence-corrected chi connectivity index (χ2v) is 5.02. The van der Waals surface area contributed by atoms with Crippen LogP contribution in [0.4, 0.5) is 4.39 Å². The first-order chi connectivity index (χ1) is 10.1. The van der Waals surface area contributed by atoms with Crippen LogP contribution in [-0.2, 0) is 4.74 Å². The Balaban J connectivity index is 2.18. The summed E-state index contributed by atoms with van der Waals surface area (Å²) in [5.41, 5.74) is 6.09. The van der Waals surface area contributed by atoms with Crippen LogP contribution in [0.5, 0.6) is 0 Å². The number of nitrogens with two attached hydrogens (primary N) is 1. The number of carbonyl (C=O) groups is 1. The molecule has 1 unspecified atom stereocenters. The number of likely N-dealkylation sites (N-methyl/N-ethyl adjacent to an activating group) is 1. The highest BCUT2D eigenvalue weighted by atomic mass is 19.1. The standard InChI is InChI=1S/C16H19FN2O2/c1-19(11-14-5-3-9-21-14)16(20)15-10-13(17)7-6-12(15)4-2-8-18/h6-7,10,14H,3,5,8-9,11,18H2,1H3.